The quantitative estimate of drug-likeness (QED) is 0.478. The number of hydrogen-bond donors (Lipinski definition) is 1. The molecule has 4 rings (SSSR count). The smallest absolute Gasteiger partial charge is 0.292 e. The Balaban J connectivity index is 1.93. The Morgan fingerprint density at radius 3 is 2.77 bits per heavy atom. The Hall–Kier alpha value is -2.82. The predicted octanol–water partition coefficient (Wildman–Crippen LogP) is 5.05. The van der Waals surface area contributed by atoms with E-state index in [9.17, 15) is 10.1 Å². The molecule has 0 fully saturated rings. The van der Waals surface area contributed by atoms with Crippen molar-refractivity contribution in [3.8, 4) is 5.75 Å². The maximum atomic E-state index is 11.7. The third-order valence-electron chi connectivity index (χ3n) is 5.82. The summed E-state index contributed by atoms with van der Waals surface area (Å²) in [6, 6.07) is 9.57. The van der Waals surface area contributed by atoms with Crippen molar-refractivity contribution >= 4 is 11.4 Å². The number of benzene rings is 2. The van der Waals surface area contributed by atoms with Crippen LogP contribution in [0.2, 0.25) is 0 Å². The molecule has 1 heterocycles. The Bertz CT molecular complexity index is 920. The Kier molecular flexibility index (Phi) is 3.94. The molecule has 2 aromatic rings. The SMILES string of the molecule is COc1ccccc1[C@@H]1Nc2c([N+](=O)[O-])cc(C)c(C)c2[C@@H]2C=CC[C@H]21. The molecule has 26 heavy (non-hydrogen) atoms. The zero-order valence-electron chi connectivity index (χ0n) is 15.2. The highest BCUT2D eigenvalue weighted by Gasteiger charge is 2.42. The summed E-state index contributed by atoms with van der Waals surface area (Å²) in [5.41, 5.74) is 5.03. The lowest BCUT2D eigenvalue weighted by Crippen LogP contribution is -2.30. The first-order chi connectivity index (χ1) is 12.5. The van der Waals surface area contributed by atoms with E-state index in [2.05, 4.69) is 24.4 Å². The molecule has 0 bridgehead atoms. The van der Waals surface area contributed by atoms with E-state index < -0.39 is 0 Å². The van der Waals surface area contributed by atoms with Crippen LogP contribution in [-0.2, 0) is 0 Å². The second kappa shape index (κ2) is 6.16. The van der Waals surface area contributed by atoms with Gasteiger partial charge in [0.15, 0.2) is 0 Å². The number of nitrogens with one attached hydrogen (secondary N) is 1. The van der Waals surface area contributed by atoms with Crippen molar-refractivity contribution in [1.82, 2.24) is 0 Å². The molecule has 2 aromatic carbocycles. The zero-order chi connectivity index (χ0) is 18.4. The number of rotatable bonds is 3. The van der Waals surface area contributed by atoms with Gasteiger partial charge in [0, 0.05) is 17.5 Å². The van der Waals surface area contributed by atoms with Gasteiger partial charge in [-0.15, -0.1) is 0 Å². The summed E-state index contributed by atoms with van der Waals surface area (Å²) < 4.78 is 5.56. The molecule has 134 valence electrons. The maximum Gasteiger partial charge on any atom is 0.292 e. The normalized spacial score (nSPS) is 23.1. The van der Waals surface area contributed by atoms with Gasteiger partial charge in [0.2, 0.25) is 0 Å². The lowest BCUT2D eigenvalue weighted by atomic mass is 9.74. The van der Waals surface area contributed by atoms with Crippen molar-refractivity contribution < 1.29 is 9.66 Å². The first-order valence-electron chi connectivity index (χ1n) is 8.87. The average molecular weight is 350 g/mol. The van der Waals surface area contributed by atoms with E-state index in [0.717, 1.165) is 34.4 Å². The van der Waals surface area contributed by atoms with Crippen LogP contribution in [0.3, 0.4) is 0 Å². The highest BCUT2D eigenvalue weighted by molar-refractivity contribution is 5.74. The summed E-state index contributed by atoms with van der Waals surface area (Å²) in [4.78, 5) is 11.4. The van der Waals surface area contributed by atoms with Gasteiger partial charge in [-0.2, -0.15) is 0 Å². The number of hydrogen-bond acceptors (Lipinski definition) is 4. The second-order valence-corrected chi connectivity index (χ2v) is 7.10. The van der Waals surface area contributed by atoms with Gasteiger partial charge in [-0.3, -0.25) is 10.1 Å². The molecule has 0 saturated heterocycles. The van der Waals surface area contributed by atoms with Gasteiger partial charge in [-0.05, 0) is 48.9 Å². The molecule has 0 spiro atoms. The van der Waals surface area contributed by atoms with Crippen LogP contribution in [0.4, 0.5) is 11.4 Å². The first-order valence-corrected chi connectivity index (χ1v) is 8.87. The number of fused-ring (bicyclic) bond motifs is 3. The van der Waals surface area contributed by atoms with Crippen molar-refractivity contribution in [3.63, 3.8) is 0 Å². The van der Waals surface area contributed by atoms with Crippen LogP contribution in [0.25, 0.3) is 0 Å². The highest BCUT2D eigenvalue weighted by atomic mass is 16.6. The van der Waals surface area contributed by atoms with Gasteiger partial charge in [0.1, 0.15) is 11.4 Å². The predicted molar refractivity (Wildman–Crippen MR) is 102 cm³/mol. The van der Waals surface area contributed by atoms with Gasteiger partial charge in [0.05, 0.1) is 18.1 Å². The van der Waals surface area contributed by atoms with Crippen molar-refractivity contribution in [2.75, 3.05) is 12.4 Å². The number of nitrogens with zero attached hydrogens (tertiary/aromatic N) is 1. The Morgan fingerprint density at radius 2 is 2.04 bits per heavy atom. The summed E-state index contributed by atoms with van der Waals surface area (Å²) in [5, 5.41) is 15.2. The van der Waals surface area contributed by atoms with Gasteiger partial charge < -0.3 is 10.1 Å². The largest absolute Gasteiger partial charge is 0.496 e. The molecule has 0 amide bonds. The number of nitro groups is 1. The molecule has 0 radical (unpaired) electrons. The van der Waals surface area contributed by atoms with Crippen LogP contribution in [0.1, 0.15) is 40.6 Å². The van der Waals surface area contributed by atoms with Gasteiger partial charge in [-0.25, -0.2) is 0 Å². The lowest BCUT2D eigenvalue weighted by Gasteiger charge is -2.38. The Labute approximate surface area is 152 Å². The molecule has 1 aliphatic heterocycles. The molecule has 0 saturated carbocycles. The molecule has 1 aliphatic carbocycles. The van der Waals surface area contributed by atoms with Crippen molar-refractivity contribution in [3.05, 3.63) is 74.9 Å². The molecule has 0 unspecified atom stereocenters. The van der Waals surface area contributed by atoms with Gasteiger partial charge in [-0.1, -0.05) is 30.4 Å². The number of methoxy groups -OCH3 is 1. The van der Waals surface area contributed by atoms with E-state index in [1.165, 1.54) is 0 Å². The fourth-order valence-electron chi connectivity index (χ4n) is 4.46. The second-order valence-electron chi connectivity index (χ2n) is 7.10. The van der Waals surface area contributed by atoms with Crippen molar-refractivity contribution in [2.45, 2.75) is 32.2 Å². The molecule has 2 aliphatic rings. The average Bonchev–Trinajstić information content (AvgIpc) is 3.13. The number of anilines is 1. The molecule has 5 nitrogen and oxygen atoms in total. The number of nitro benzene ring substituents is 1. The standard InChI is InChI=1S/C21H22N2O3/c1-12-11-17(23(24)25)21-19(13(12)2)14-8-6-9-15(14)20(22-21)16-7-4-5-10-18(16)26-3/h4-8,10-11,14-15,20,22H,9H2,1-3H3/t14-,15-,20-/m1/s1. The van der Waals surface area contributed by atoms with E-state index in [1.807, 2.05) is 31.2 Å². The van der Waals surface area contributed by atoms with E-state index >= 15 is 0 Å². The van der Waals surface area contributed by atoms with Crippen molar-refractivity contribution in [1.29, 1.82) is 0 Å². The van der Waals surface area contributed by atoms with Crippen LogP contribution in [0, 0.1) is 29.9 Å². The van der Waals surface area contributed by atoms with Crippen LogP contribution in [0.15, 0.2) is 42.5 Å². The summed E-state index contributed by atoms with van der Waals surface area (Å²) in [5.74, 6) is 1.31. The minimum absolute atomic E-state index is 0.0283. The third kappa shape index (κ3) is 2.38. The number of allylic oxidation sites excluding steroid dienone is 2. The van der Waals surface area contributed by atoms with E-state index in [1.54, 1.807) is 13.2 Å². The topological polar surface area (TPSA) is 64.4 Å². The summed E-state index contributed by atoms with van der Waals surface area (Å²) >= 11 is 0. The molecular formula is C21H22N2O3. The lowest BCUT2D eigenvalue weighted by molar-refractivity contribution is -0.384. The van der Waals surface area contributed by atoms with Gasteiger partial charge >= 0.3 is 0 Å². The summed E-state index contributed by atoms with van der Waals surface area (Å²) in [6.07, 6.45) is 5.35. The van der Waals surface area contributed by atoms with Crippen LogP contribution in [0.5, 0.6) is 5.75 Å². The van der Waals surface area contributed by atoms with Crippen LogP contribution >= 0.6 is 0 Å². The van der Waals surface area contributed by atoms with Crippen LogP contribution in [-0.4, -0.2) is 12.0 Å². The van der Waals surface area contributed by atoms with E-state index in [-0.39, 0.29) is 22.6 Å². The third-order valence-corrected chi connectivity index (χ3v) is 5.82. The Morgan fingerprint density at radius 1 is 1.27 bits per heavy atom. The zero-order valence-corrected chi connectivity index (χ0v) is 15.2. The van der Waals surface area contributed by atoms with E-state index in [4.69, 9.17) is 4.74 Å². The van der Waals surface area contributed by atoms with Crippen LogP contribution < -0.4 is 10.1 Å². The molecule has 0 aromatic heterocycles. The summed E-state index contributed by atoms with van der Waals surface area (Å²) in [7, 11) is 1.66. The number of aryl methyl sites for hydroxylation is 1. The highest BCUT2D eigenvalue weighted by Crippen LogP contribution is 2.54. The molecule has 5 heteroatoms. The molecular weight excluding hydrogens is 328 g/mol. The first kappa shape index (κ1) is 16.6. The monoisotopic (exact) mass is 350 g/mol. The van der Waals surface area contributed by atoms with Crippen molar-refractivity contribution in [2.24, 2.45) is 5.92 Å². The minimum Gasteiger partial charge on any atom is -0.496 e. The fraction of sp³-hybridized carbons (Fsp3) is 0.333. The van der Waals surface area contributed by atoms with E-state index in [0.29, 0.717) is 11.6 Å². The molecule has 1 N–H and O–H groups in total. The minimum atomic E-state index is -0.281. The maximum absolute atomic E-state index is 11.7. The molecule has 3 atom stereocenters. The number of ether oxygens (including phenoxy) is 1. The number of para-hydroxylation sites is 1. The van der Waals surface area contributed by atoms with Gasteiger partial charge in [0.25, 0.3) is 5.69 Å². The fourth-order valence-corrected chi connectivity index (χ4v) is 4.46. The summed E-state index contributed by atoms with van der Waals surface area (Å²) in [6.45, 7) is 4.01.